The largest absolute Gasteiger partial charge is 0.442 e. The summed E-state index contributed by atoms with van der Waals surface area (Å²) in [6.07, 6.45) is -0.0214. The van der Waals surface area contributed by atoms with Gasteiger partial charge in [-0.05, 0) is 18.2 Å². The first-order chi connectivity index (χ1) is 13.4. The summed E-state index contributed by atoms with van der Waals surface area (Å²) < 4.78 is 20.1. The van der Waals surface area contributed by atoms with Crippen molar-refractivity contribution in [2.75, 3.05) is 49.1 Å². The number of hydrogen-bond donors (Lipinski definition) is 1. The third-order valence-electron chi connectivity index (χ3n) is 4.95. The van der Waals surface area contributed by atoms with Crippen LogP contribution in [-0.4, -0.2) is 67.8 Å². The molecule has 0 unspecified atom stereocenters. The number of amides is 2. The van der Waals surface area contributed by atoms with Crippen LogP contribution in [-0.2, 0) is 9.53 Å². The fraction of sp³-hybridized carbons (Fsp3) is 0.526. The third kappa shape index (κ3) is 4.52. The average molecular weight is 408 g/mol. The number of carbonyl (C=O) groups is 2. The van der Waals surface area contributed by atoms with Crippen LogP contribution < -0.4 is 15.1 Å². The minimum atomic E-state index is -0.492. The van der Waals surface area contributed by atoms with Crippen molar-refractivity contribution in [3.8, 4) is 0 Å². The molecule has 3 rings (SSSR count). The second-order valence-electron chi connectivity index (χ2n) is 7.28. The first-order valence-corrected chi connectivity index (χ1v) is 9.79. The number of halogens is 1. The summed E-state index contributed by atoms with van der Waals surface area (Å²) in [5.74, 6) is -0.175. The average Bonchev–Trinajstić information content (AvgIpc) is 3.06. The van der Waals surface area contributed by atoms with Crippen molar-refractivity contribution < 1.29 is 18.7 Å². The summed E-state index contributed by atoms with van der Waals surface area (Å²) in [5, 5.41) is 3.11. The quantitative estimate of drug-likeness (QED) is 0.574. The van der Waals surface area contributed by atoms with E-state index in [9.17, 15) is 14.0 Å². The number of hydrogen-bond acceptors (Lipinski definition) is 5. The molecule has 152 valence electrons. The molecule has 2 aliphatic heterocycles. The number of rotatable bonds is 6. The lowest BCUT2D eigenvalue weighted by Gasteiger charge is -2.34. The minimum Gasteiger partial charge on any atom is -0.442 e. The third-order valence-corrected chi connectivity index (χ3v) is 5.57. The van der Waals surface area contributed by atoms with E-state index in [-0.39, 0.29) is 12.0 Å². The zero-order valence-corrected chi connectivity index (χ0v) is 16.9. The Morgan fingerprint density at radius 1 is 1.36 bits per heavy atom. The number of nitrogens with one attached hydrogen (secondary N) is 1. The summed E-state index contributed by atoms with van der Waals surface area (Å²) >= 11 is 5.23. The summed E-state index contributed by atoms with van der Waals surface area (Å²) in [6, 6.07) is 4.76. The van der Waals surface area contributed by atoms with Gasteiger partial charge in [0.15, 0.2) is 0 Å². The standard InChI is InChI=1S/C19H25FN4O3S/c1-13(2)18(28)21-10-15-11-24(19(26)27-15)14-3-4-17(16(20)9-14)23-7-5-22(12-25)6-8-23/h3-4,9,12-13,15H,5-8,10-11H2,1-2H3,(H,21,28)/t15-/m0/s1. The summed E-state index contributed by atoms with van der Waals surface area (Å²) in [5.41, 5.74) is 0.939. The Balaban J connectivity index is 1.62. The smallest absolute Gasteiger partial charge is 0.414 e. The highest BCUT2D eigenvalue weighted by Crippen LogP contribution is 2.28. The molecule has 0 radical (unpaired) electrons. The van der Waals surface area contributed by atoms with Gasteiger partial charge in [-0.2, -0.15) is 0 Å². The molecule has 1 N–H and O–H groups in total. The second kappa shape index (κ2) is 8.72. The van der Waals surface area contributed by atoms with E-state index >= 15 is 0 Å². The molecule has 0 bridgehead atoms. The lowest BCUT2D eigenvalue weighted by molar-refractivity contribution is -0.118. The molecule has 9 heteroatoms. The van der Waals surface area contributed by atoms with Crippen LogP contribution in [0, 0.1) is 11.7 Å². The van der Waals surface area contributed by atoms with Crippen molar-refractivity contribution in [1.29, 1.82) is 0 Å². The van der Waals surface area contributed by atoms with Crippen molar-refractivity contribution in [2.45, 2.75) is 20.0 Å². The molecule has 0 aliphatic carbocycles. The normalized spacial score (nSPS) is 19.8. The molecule has 28 heavy (non-hydrogen) atoms. The molecule has 2 heterocycles. The maximum Gasteiger partial charge on any atom is 0.414 e. The van der Waals surface area contributed by atoms with Crippen molar-refractivity contribution in [3.63, 3.8) is 0 Å². The molecule has 1 aromatic carbocycles. The van der Waals surface area contributed by atoms with Gasteiger partial charge in [-0.15, -0.1) is 0 Å². The Labute approximate surface area is 169 Å². The monoisotopic (exact) mass is 408 g/mol. The topological polar surface area (TPSA) is 65.1 Å². The lowest BCUT2D eigenvalue weighted by Crippen LogP contribution is -2.46. The van der Waals surface area contributed by atoms with E-state index in [0.29, 0.717) is 50.6 Å². The Hall–Kier alpha value is -2.42. The van der Waals surface area contributed by atoms with E-state index in [1.54, 1.807) is 17.0 Å². The summed E-state index contributed by atoms with van der Waals surface area (Å²) in [4.78, 5) is 28.7. The van der Waals surface area contributed by atoms with Gasteiger partial charge in [-0.25, -0.2) is 9.18 Å². The van der Waals surface area contributed by atoms with Gasteiger partial charge in [0.1, 0.15) is 11.9 Å². The first kappa shape index (κ1) is 20.3. The van der Waals surface area contributed by atoms with Crippen molar-refractivity contribution in [3.05, 3.63) is 24.0 Å². The number of benzene rings is 1. The molecule has 2 amide bonds. The maximum absolute atomic E-state index is 14.7. The van der Waals surface area contributed by atoms with Crippen LogP contribution in [0.3, 0.4) is 0 Å². The molecular formula is C19H25FN4O3S. The second-order valence-corrected chi connectivity index (χ2v) is 7.72. The predicted molar refractivity (Wildman–Crippen MR) is 109 cm³/mol. The fourth-order valence-electron chi connectivity index (χ4n) is 3.25. The van der Waals surface area contributed by atoms with Crippen LogP contribution in [0.25, 0.3) is 0 Å². The highest BCUT2D eigenvalue weighted by atomic mass is 32.1. The lowest BCUT2D eigenvalue weighted by atomic mass is 10.2. The van der Waals surface area contributed by atoms with Crippen molar-refractivity contribution >= 4 is 41.1 Å². The number of anilines is 2. The van der Waals surface area contributed by atoms with Crippen molar-refractivity contribution in [2.24, 2.45) is 5.92 Å². The molecule has 2 aliphatic rings. The first-order valence-electron chi connectivity index (χ1n) is 9.38. The van der Waals surface area contributed by atoms with Gasteiger partial charge >= 0.3 is 6.09 Å². The Kier molecular flexibility index (Phi) is 6.33. The molecule has 0 spiro atoms. The Morgan fingerprint density at radius 3 is 2.68 bits per heavy atom. The van der Waals surface area contributed by atoms with E-state index in [2.05, 4.69) is 5.32 Å². The van der Waals surface area contributed by atoms with E-state index in [1.165, 1.54) is 11.0 Å². The highest BCUT2D eigenvalue weighted by molar-refractivity contribution is 7.80. The molecule has 7 nitrogen and oxygen atoms in total. The Morgan fingerprint density at radius 2 is 2.07 bits per heavy atom. The predicted octanol–water partition coefficient (Wildman–Crippen LogP) is 2.00. The number of cyclic esters (lactones) is 1. The van der Waals surface area contributed by atoms with Crippen molar-refractivity contribution in [1.82, 2.24) is 10.2 Å². The number of nitrogens with zero attached hydrogens (tertiary/aromatic N) is 3. The number of thiocarbonyl (C=S) groups is 1. The van der Waals surface area contributed by atoms with Gasteiger partial charge in [-0.3, -0.25) is 9.69 Å². The summed E-state index contributed by atoms with van der Waals surface area (Å²) in [7, 11) is 0. The molecular weight excluding hydrogens is 383 g/mol. The molecule has 2 saturated heterocycles. The van der Waals surface area contributed by atoms with Crippen LogP contribution in [0.4, 0.5) is 20.6 Å². The number of piperazine rings is 1. The van der Waals surface area contributed by atoms with E-state index in [1.807, 2.05) is 18.7 Å². The van der Waals surface area contributed by atoms with Gasteiger partial charge in [0.25, 0.3) is 0 Å². The highest BCUT2D eigenvalue weighted by Gasteiger charge is 2.33. The van der Waals surface area contributed by atoms with Gasteiger partial charge in [-0.1, -0.05) is 26.1 Å². The van der Waals surface area contributed by atoms with Crippen LogP contribution in [0.1, 0.15) is 13.8 Å². The fourth-order valence-corrected chi connectivity index (χ4v) is 3.33. The van der Waals surface area contributed by atoms with E-state index in [0.717, 1.165) is 11.4 Å². The number of ether oxygens (including phenoxy) is 1. The number of carbonyl (C=O) groups excluding carboxylic acids is 2. The molecule has 2 fully saturated rings. The Bertz CT molecular complexity index is 753. The molecule has 0 aromatic heterocycles. The van der Waals surface area contributed by atoms with Gasteiger partial charge in [0, 0.05) is 32.1 Å². The van der Waals surface area contributed by atoms with Crippen LogP contribution in [0.2, 0.25) is 0 Å². The molecule has 0 saturated carbocycles. The zero-order valence-electron chi connectivity index (χ0n) is 16.1. The maximum atomic E-state index is 14.7. The van der Waals surface area contributed by atoms with Crippen LogP contribution >= 0.6 is 12.2 Å². The van der Waals surface area contributed by atoms with Crippen LogP contribution in [0.15, 0.2) is 18.2 Å². The zero-order chi connectivity index (χ0) is 20.3. The molecule has 1 aromatic rings. The molecule has 1 atom stereocenters. The van der Waals surface area contributed by atoms with Gasteiger partial charge < -0.3 is 19.9 Å². The SMILES string of the molecule is CC(C)C(=S)NC[C@H]1CN(c2ccc(N3CCN(C=O)CC3)c(F)c2)C(=O)O1. The van der Waals surface area contributed by atoms with Crippen LogP contribution in [0.5, 0.6) is 0 Å². The van der Waals surface area contributed by atoms with E-state index in [4.69, 9.17) is 17.0 Å². The van der Waals surface area contributed by atoms with E-state index < -0.39 is 11.9 Å². The summed E-state index contributed by atoms with van der Waals surface area (Å²) in [6.45, 7) is 7.03. The van der Waals surface area contributed by atoms with Gasteiger partial charge in [0.05, 0.1) is 29.5 Å². The minimum absolute atomic E-state index is 0.221. The van der Waals surface area contributed by atoms with Gasteiger partial charge in [0.2, 0.25) is 6.41 Å².